The molecule has 1 aliphatic rings. The van der Waals surface area contributed by atoms with E-state index in [1.807, 2.05) is 39.0 Å². The van der Waals surface area contributed by atoms with Crippen molar-refractivity contribution in [3.8, 4) is 0 Å². The van der Waals surface area contributed by atoms with Crippen LogP contribution in [0.3, 0.4) is 0 Å². The monoisotopic (exact) mass is 332 g/mol. The number of nitrogens with one attached hydrogen (secondary N) is 1. The number of piperidine rings is 1. The SMILES string of the molecule is CC(C)(C)OC(=O)N1CCC(C(=O)NCCc2ccccc2)CC1. The number of carbonyl (C=O) groups excluding carboxylic acids is 2. The molecule has 2 amide bonds. The van der Waals surface area contributed by atoms with Crippen molar-refractivity contribution < 1.29 is 14.3 Å². The van der Waals surface area contributed by atoms with E-state index in [-0.39, 0.29) is 17.9 Å². The molecule has 1 aromatic carbocycles. The fourth-order valence-electron chi connectivity index (χ4n) is 2.77. The Bertz CT molecular complexity index is 543. The molecule has 0 spiro atoms. The van der Waals surface area contributed by atoms with Gasteiger partial charge in [0, 0.05) is 25.6 Å². The van der Waals surface area contributed by atoms with Crippen molar-refractivity contribution in [1.82, 2.24) is 10.2 Å². The molecule has 0 unspecified atom stereocenters. The minimum absolute atomic E-state index is 0.0144. The Kier molecular flexibility index (Phi) is 6.23. The Morgan fingerprint density at radius 1 is 1.17 bits per heavy atom. The van der Waals surface area contributed by atoms with Crippen molar-refractivity contribution in [2.75, 3.05) is 19.6 Å². The van der Waals surface area contributed by atoms with E-state index in [9.17, 15) is 9.59 Å². The Hall–Kier alpha value is -2.04. The van der Waals surface area contributed by atoms with E-state index in [1.165, 1.54) is 5.56 Å². The van der Waals surface area contributed by atoms with Gasteiger partial charge in [0.05, 0.1) is 0 Å². The zero-order chi connectivity index (χ0) is 17.6. The summed E-state index contributed by atoms with van der Waals surface area (Å²) < 4.78 is 5.37. The average molecular weight is 332 g/mol. The summed E-state index contributed by atoms with van der Waals surface area (Å²) in [7, 11) is 0. The maximum Gasteiger partial charge on any atom is 0.410 e. The molecule has 2 rings (SSSR count). The Morgan fingerprint density at radius 3 is 2.38 bits per heavy atom. The highest BCUT2D eigenvalue weighted by Gasteiger charge is 2.29. The first-order valence-corrected chi connectivity index (χ1v) is 8.65. The normalized spacial score (nSPS) is 15.9. The fraction of sp³-hybridized carbons (Fsp3) is 0.579. The van der Waals surface area contributed by atoms with E-state index >= 15 is 0 Å². The van der Waals surface area contributed by atoms with Gasteiger partial charge in [-0.2, -0.15) is 0 Å². The van der Waals surface area contributed by atoms with Crippen LogP contribution in [0.5, 0.6) is 0 Å². The van der Waals surface area contributed by atoms with Crippen LogP contribution in [0.4, 0.5) is 4.79 Å². The molecular formula is C19H28N2O3. The summed E-state index contributed by atoms with van der Waals surface area (Å²) in [6, 6.07) is 10.1. The topological polar surface area (TPSA) is 58.6 Å². The van der Waals surface area contributed by atoms with E-state index in [0.717, 1.165) is 6.42 Å². The van der Waals surface area contributed by atoms with Gasteiger partial charge in [0.2, 0.25) is 5.91 Å². The minimum Gasteiger partial charge on any atom is -0.444 e. The lowest BCUT2D eigenvalue weighted by atomic mass is 9.96. The third-order valence-electron chi connectivity index (χ3n) is 4.07. The van der Waals surface area contributed by atoms with Crippen LogP contribution in [0, 0.1) is 5.92 Å². The van der Waals surface area contributed by atoms with Gasteiger partial charge < -0.3 is 15.0 Å². The molecule has 0 aromatic heterocycles. The molecule has 1 saturated heterocycles. The first-order valence-electron chi connectivity index (χ1n) is 8.65. The molecule has 1 heterocycles. The fourth-order valence-corrected chi connectivity index (χ4v) is 2.77. The Balaban J connectivity index is 1.70. The van der Waals surface area contributed by atoms with Crippen molar-refractivity contribution in [2.45, 2.75) is 45.6 Å². The van der Waals surface area contributed by atoms with Crippen LogP contribution in [0.1, 0.15) is 39.2 Å². The van der Waals surface area contributed by atoms with Crippen LogP contribution < -0.4 is 5.32 Å². The average Bonchev–Trinajstić information content (AvgIpc) is 2.54. The maximum atomic E-state index is 12.2. The summed E-state index contributed by atoms with van der Waals surface area (Å²) in [5.41, 5.74) is 0.737. The number of amides is 2. The van der Waals surface area contributed by atoms with Crippen LogP contribution in [0.25, 0.3) is 0 Å². The molecule has 1 fully saturated rings. The zero-order valence-corrected chi connectivity index (χ0v) is 14.9. The molecule has 0 aliphatic carbocycles. The highest BCUT2D eigenvalue weighted by molar-refractivity contribution is 5.79. The number of benzene rings is 1. The number of hydrogen-bond donors (Lipinski definition) is 1. The zero-order valence-electron chi connectivity index (χ0n) is 14.9. The molecule has 132 valence electrons. The van der Waals surface area contributed by atoms with Crippen LogP contribution >= 0.6 is 0 Å². The third-order valence-corrected chi connectivity index (χ3v) is 4.07. The van der Waals surface area contributed by atoms with Gasteiger partial charge in [-0.3, -0.25) is 4.79 Å². The number of ether oxygens (including phenoxy) is 1. The van der Waals surface area contributed by atoms with Gasteiger partial charge in [-0.15, -0.1) is 0 Å². The van der Waals surface area contributed by atoms with E-state index in [4.69, 9.17) is 4.74 Å². The van der Waals surface area contributed by atoms with Crippen LogP contribution in [-0.2, 0) is 16.0 Å². The summed E-state index contributed by atoms with van der Waals surface area (Å²) in [5.74, 6) is 0.0780. The first-order chi connectivity index (χ1) is 11.3. The lowest BCUT2D eigenvalue weighted by Crippen LogP contribution is -2.45. The molecule has 5 nitrogen and oxygen atoms in total. The summed E-state index contributed by atoms with van der Waals surface area (Å²) in [4.78, 5) is 26.0. The van der Waals surface area contributed by atoms with Gasteiger partial charge in [0.25, 0.3) is 0 Å². The van der Waals surface area contributed by atoms with E-state index in [2.05, 4.69) is 17.4 Å². The van der Waals surface area contributed by atoms with Crippen LogP contribution in [0.15, 0.2) is 30.3 Å². The third kappa shape index (κ3) is 5.87. The molecule has 0 bridgehead atoms. The molecule has 1 aromatic rings. The second-order valence-electron chi connectivity index (χ2n) is 7.27. The predicted octanol–water partition coefficient (Wildman–Crippen LogP) is 2.99. The van der Waals surface area contributed by atoms with E-state index in [0.29, 0.717) is 32.5 Å². The van der Waals surface area contributed by atoms with Gasteiger partial charge >= 0.3 is 6.09 Å². The Labute approximate surface area is 144 Å². The standard InChI is InChI=1S/C19H28N2O3/c1-19(2,3)24-18(23)21-13-10-16(11-14-21)17(22)20-12-9-15-7-5-4-6-8-15/h4-8,16H,9-14H2,1-3H3,(H,20,22). The van der Waals surface area contributed by atoms with Crippen molar-refractivity contribution in [3.63, 3.8) is 0 Å². The van der Waals surface area contributed by atoms with Crippen molar-refractivity contribution >= 4 is 12.0 Å². The van der Waals surface area contributed by atoms with Crippen LogP contribution in [0.2, 0.25) is 0 Å². The lowest BCUT2D eigenvalue weighted by Gasteiger charge is -2.32. The lowest BCUT2D eigenvalue weighted by molar-refractivity contribution is -0.126. The van der Waals surface area contributed by atoms with Gasteiger partial charge in [0.1, 0.15) is 5.60 Å². The number of rotatable bonds is 4. The summed E-state index contributed by atoms with van der Waals surface area (Å²) in [6.45, 7) is 7.37. The highest BCUT2D eigenvalue weighted by Crippen LogP contribution is 2.19. The summed E-state index contributed by atoms with van der Waals surface area (Å²) >= 11 is 0. The van der Waals surface area contributed by atoms with E-state index in [1.54, 1.807) is 4.90 Å². The molecule has 1 N–H and O–H groups in total. The first kappa shape index (κ1) is 18.3. The Morgan fingerprint density at radius 2 is 1.79 bits per heavy atom. The van der Waals surface area contributed by atoms with Gasteiger partial charge in [-0.1, -0.05) is 30.3 Å². The van der Waals surface area contributed by atoms with Crippen molar-refractivity contribution in [2.24, 2.45) is 5.92 Å². The van der Waals surface area contributed by atoms with Crippen LogP contribution in [-0.4, -0.2) is 42.1 Å². The molecule has 0 atom stereocenters. The largest absolute Gasteiger partial charge is 0.444 e. The number of likely N-dealkylation sites (tertiary alicyclic amines) is 1. The smallest absolute Gasteiger partial charge is 0.410 e. The number of hydrogen-bond acceptors (Lipinski definition) is 3. The second kappa shape index (κ2) is 8.18. The van der Waals surface area contributed by atoms with Gasteiger partial charge in [-0.25, -0.2) is 4.79 Å². The van der Waals surface area contributed by atoms with Crippen molar-refractivity contribution in [1.29, 1.82) is 0 Å². The summed E-state index contributed by atoms with van der Waals surface area (Å²) in [5, 5.41) is 3.01. The second-order valence-corrected chi connectivity index (χ2v) is 7.27. The predicted molar refractivity (Wildman–Crippen MR) is 93.7 cm³/mol. The number of nitrogens with zero attached hydrogens (tertiary/aromatic N) is 1. The molecular weight excluding hydrogens is 304 g/mol. The highest BCUT2D eigenvalue weighted by atomic mass is 16.6. The molecule has 1 aliphatic heterocycles. The van der Waals surface area contributed by atoms with Crippen molar-refractivity contribution in [3.05, 3.63) is 35.9 Å². The maximum absolute atomic E-state index is 12.2. The molecule has 24 heavy (non-hydrogen) atoms. The number of carbonyl (C=O) groups is 2. The summed E-state index contributed by atoms with van der Waals surface area (Å²) in [6.07, 6.45) is 1.93. The van der Waals surface area contributed by atoms with E-state index < -0.39 is 5.60 Å². The quantitative estimate of drug-likeness (QED) is 0.922. The molecule has 0 saturated carbocycles. The van der Waals surface area contributed by atoms with Gasteiger partial charge in [0.15, 0.2) is 0 Å². The minimum atomic E-state index is -0.483. The molecule has 5 heteroatoms. The molecule has 0 radical (unpaired) electrons. The van der Waals surface area contributed by atoms with Gasteiger partial charge in [-0.05, 0) is 45.6 Å².